The van der Waals surface area contributed by atoms with Crippen LogP contribution in [0.5, 0.6) is 5.75 Å². The number of aromatic amines is 1. The van der Waals surface area contributed by atoms with Gasteiger partial charge >= 0.3 is 0 Å². The van der Waals surface area contributed by atoms with Gasteiger partial charge in [0.25, 0.3) is 5.56 Å². The summed E-state index contributed by atoms with van der Waals surface area (Å²) in [6.07, 6.45) is 0. The van der Waals surface area contributed by atoms with Crippen molar-refractivity contribution in [2.24, 2.45) is 0 Å². The van der Waals surface area contributed by atoms with Gasteiger partial charge in [-0.15, -0.1) is 0 Å². The lowest BCUT2D eigenvalue weighted by Gasteiger charge is -2.07. The van der Waals surface area contributed by atoms with E-state index in [-0.39, 0.29) is 5.56 Å². The molecule has 0 amide bonds. The highest BCUT2D eigenvalue weighted by atomic mass is 16.5. The van der Waals surface area contributed by atoms with Crippen LogP contribution in [0.1, 0.15) is 0 Å². The topological polar surface area (TPSA) is 47.0 Å². The zero-order chi connectivity index (χ0) is 12.5. The van der Waals surface area contributed by atoms with Gasteiger partial charge in [0, 0.05) is 0 Å². The molecule has 0 saturated heterocycles. The highest BCUT2D eigenvalue weighted by molar-refractivity contribution is 5.78. The van der Waals surface area contributed by atoms with Crippen molar-refractivity contribution in [1.29, 1.82) is 0 Å². The average molecular weight is 240 g/mol. The van der Waals surface area contributed by atoms with E-state index in [4.69, 9.17) is 4.74 Å². The number of hydrogen-bond acceptors (Lipinski definition) is 2. The van der Waals surface area contributed by atoms with E-state index in [1.807, 2.05) is 42.5 Å². The molecular formula is C14H12N2O2. The summed E-state index contributed by atoms with van der Waals surface area (Å²) in [5.41, 5.74) is 1.45. The Morgan fingerprint density at radius 3 is 2.56 bits per heavy atom. The fourth-order valence-electron chi connectivity index (χ4n) is 2.04. The summed E-state index contributed by atoms with van der Waals surface area (Å²) in [5.74, 6) is 0.658. The monoisotopic (exact) mass is 240 g/mol. The third-order valence-corrected chi connectivity index (χ3v) is 2.92. The van der Waals surface area contributed by atoms with Gasteiger partial charge < -0.3 is 4.74 Å². The van der Waals surface area contributed by atoms with E-state index in [0.717, 1.165) is 5.52 Å². The zero-order valence-electron chi connectivity index (χ0n) is 9.88. The Morgan fingerprint density at radius 1 is 1.06 bits per heavy atom. The summed E-state index contributed by atoms with van der Waals surface area (Å²) < 4.78 is 6.77. The Kier molecular flexibility index (Phi) is 2.41. The number of hydrogen-bond donors (Lipinski definition) is 1. The van der Waals surface area contributed by atoms with Crippen molar-refractivity contribution in [2.75, 3.05) is 7.11 Å². The predicted molar refractivity (Wildman–Crippen MR) is 70.4 cm³/mol. The molecule has 0 aliphatic rings. The molecule has 0 atom stereocenters. The lowest BCUT2D eigenvalue weighted by atomic mass is 10.2. The van der Waals surface area contributed by atoms with Crippen molar-refractivity contribution >= 4 is 10.9 Å². The molecule has 18 heavy (non-hydrogen) atoms. The second-order valence-electron chi connectivity index (χ2n) is 3.97. The number of nitrogens with zero attached hydrogens (tertiary/aromatic N) is 1. The van der Waals surface area contributed by atoms with Crippen LogP contribution < -0.4 is 10.3 Å². The number of methoxy groups -OCH3 is 1. The fourth-order valence-corrected chi connectivity index (χ4v) is 2.04. The maximum Gasteiger partial charge on any atom is 0.279 e. The van der Waals surface area contributed by atoms with Gasteiger partial charge in [-0.1, -0.05) is 24.3 Å². The molecule has 0 spiro atoms. The zero-order valence-corrected chi connectivity index (χ0v) is 9.88. The standard InChI is InChI=1S/C14H12N2O2/c1-18-13-9-5-4-8-12(13)16-14(17)10-6-2-3-7-11(10)15-16/h2-9,15H,1H3. The first kappa shape index (κ1) is 10.7. The molecule has 1 N–H and O–H groups in total. The molecule has 0 fully saturated rings. The lowest BCUT2D eigenvalue weighted by Crippen LogP contribution is -2.14. The van der Waals surface area contributed by atoms with E-state index >= 15 is 0 Å². The van der Waals surface area contributed by atoms with Crippen LogP contribution in [0.25, 0.3) is 16.6 Å². The van der Waals surface area contributed by atoms with Crippen molar-refractivity contribution < 1.29 is 4.74 Å². The molecule has 1 heterocycles. The molecule has 4 heteroatoms. The summed E-state index contributed by atoms with van der Waals surface area (Å²) in [7, 11) is 1.59. The summed E-state index contributed by atoms with van der Waals surface area (Å²) in [5, 5.41) is 3.75. The minimum absolute atomic E-state index is 0.0740. The number of para-hydroxylation sites is 3. The molecule has 0 bridgehead atoms. The first-order valence-electron chi connectivity index (χ1n) is 5.64. The van der Waals surface area contributed by atoms with Crippen molar-refractivity contribution in [3.8, 4) is 11.4 Å². The van der Waals surface area contributed by atoms with Gasteiger partial charge in [0.15, 0.2) is 0 Å². The van der Waals surface area contributed by atoms with Crippen LogP contribution >= 0.6 is 0 Å². The fraction of sp³-hybridized carbons (Fsp3) is 0.0714. The van der Waals surface area contributed by atoms with E-state index in [1.165, 1.54) is 4.68 Å². The van der Waals surface area contributed by atoms with E-state index in [2.05, 4.69) is 5.10 Å². The molecular weight excluding hydrogens is 228 g/mol. The first-order chi connectivity index (χ1) is 8.81. The Bertz CT molecular complexity index is 756. The molecule has 0 unspecified atom stereocenters. The Labute approximate surface area is 103 Å². The summed E-state index contributed by atoms with van der Waals surface area (Å²) in [4.78, 5) is 12.3. The Morgan fingerprint density at radius 2 is 1.78 bits per heavy atom. The van der Waals surface area contributed by atoms with Crippen molar-refractivity contribution in [3.05, 3.63) is 58.9 Å². The smallest absolute Gasteiger partial charge is 0.279 e. The number of nitrogens with one attached hydrogen (secondary N) is 1. The Hall–Kier alpha value is -2.49. The van der Waals surface area contributed by atoms with Crippen molar-refractivity contribution in [2.45, 2.75) is 0 Å². The van der Waals surface area contributed by atoms with Crippen LogP contribution in [0.4, 0.5) is 0 Å². The van der Waals surface area contributed by atoms with E-state index < -0.39 is 0 Å². The minimum Gasteiger partial charge on any atom is -0.494 e. The largest absolute Gasteiger partial charge is 0.494 e. The van der Waals surface area contributed by atoms with E-state index in [1.54, 1.807) is 13.2 Å². The number of ether oxygens (including phenoxy) is 1. The lowest BCUT2D eigenvalue weighted by molar-refractivity contribution is 0.411. The average Bonchev–Trinajstić information content (AvgIpc) is 2.76. The van der Waals surface area contributed by atoms with Crippen LogP contribution in [0, 0.1) is 0 Å². The van der Waals surface area contributed by atoms with E-state index in [9.17, 15) is 4.79 Å². The predicted octanol–water partition coefficient (Wildman–Crippen LogP) is 2.33. The summed E-state index contributed by atoms with van der Waals surface area (Å²) in [6.45, 7) is 0. The number of H-pyrrole nitrogens is 1. The molecule has 3 aromatic rings. The van der Waals surface area contributed by atoms with Gasteiger partial charge in [-0.25, -0.2) is 4.68 Å². The molecule has 1 aromatic heterocycles. The highest BCUT2D eigenvalue weighted by Crippen LogP contribution is 2.21. The molecule has 0 radical (unpaired) electrons. The number of benzene rings is 2. The molecule has 0 saturated carbocycles. The number of fused-ring (bicyclic) bond motifs is 1. The van der Waals surface area contributed by atoms with Crippen molar-refractivity contribution in [1.82, 2.24) is 9.78 Å². The van der Waals surface area contributed by atoms with Crippen LogP contribution in [0.15, 0.2) is 53.3 Å². The highest BCUT2D eigenvalue weighted by Gasteiger charge is 2.10. The van der Waals surface area contributed by atoms with Gasteiger partial charge in [0.1, 0.15) is 11.4 Å². The van der Waals surface area contributed by atoms with Gasteiger partial charge in [-0.3, -0.25) is 9.89 Å². The Balaban J connectivity index is 2.32. The van der Waals surface area contributed by atoms with Crippen LogP contribution in [0.3, 0.4) is 0 Å². The van der Waals surface area contributed by atoms with Gasteiger partial charge in [-0.05, 0) is 24.3 Å². The van der Waals surface area contributed by atoms with Crippen LogP contribution in [-0.2, 0) is 0 Å². The molecule has 2 aromatic carbocycles. The minimum atomic E-state index is -0.0740. The molecule has 0 aliphatic carbocycles. The maximum absolute atomic E-state index is 12.3. The maximum atomic E-state index is 12.3. The number of aromatic nitrogens is 2. The quantitative estimate of drug-likeness (QED) is 0.747. The SMILES string of the molecule is COc1ccccc1-n1[nH]c2ccccc2c1=O. The van der Waals surface area contributed by atoms with Crippen LogP contribution in [-0.4, -0.2) is 16.9 Å². The second kappa shape index (κ2) is 4.07. The molecule has 4 nitrogen and oxygen atoms in total. The second-order valence-corrected chi connectivity index (χ2v) is 3.97. The molecule has 3 rings (SSSR count). The third-order valence-electron chi connectivity index (χ3n) is 2.92. The van der Waals surface area contributed by atoms with Gasteiger partial charge in [0.2, 0.25) is 0 Å². The normalized spacial score (nSPS) is 10.7. The van der Waals surface area contributed by atoms with Crippen molar-refractivity contribution in [3.63, 3.8) is 0 Å². The van der Waals surface area contributed by atoms with Gasteiger partial charge in [0.05, 0.1) is 18.0 Å². The summed E-state index contributed by atoms with van der Waals surface area (Å²) >= 11 is 0. The van der Waals surface area contributed by atoms with Gasteiger partial charge in [-0.2, -0.15) is 0 Å². The first-order valence-corrected chi connectivity index (χ1v) is 5.64. The number of rotatable bonds is 2. The van der Waals surface area contributed by atoms with Crippen LogP contribution in [0.2, 0.25) is 0 Å². The summed E-state index contributed by atoms with van der Waals surface area (Å²) in [6, 6.07) is 14.8. The van der Waals surface area contributed by atoms with E-state index in [0.29, 0.717) is 16.8 Å². The third kappa shape index (κ3) is 1.50. The molecule has 90 valence electrons. The molecule has 0 aliphatic heterocycles.